The molecule has 10 heteroatoms. The number of nitrogens with zero attached hydrogens (tertiary/aromatic N) is 5. The van der Waals surface area contributed by atoms with Gasteiger partial charge in [-0.1, -0.05) is 17.7 Å². The first kappa shape index (κ1) is 20.4. The highest BCUT2D eigenvalue weighted by molar-refractivity contribution is 6.31. The largest absolute Gasteiger partial charge is 0.341 e. The van der Waals surface area contributed by atoms with Gasteiger partial charge in [0.25, 0.3) is 0 Å². The topological polar surface area (TPSA) is 64.6 Å². The number of amides is 2. The number of carbonyl (C=O) groups excluding carboxylic acids is 1. The molecule has 2 amide bonds. The molecule has 0 aliphatic carbocycles. The maximum Gasteiger partial charge on any atom is 0.328 e. The van der Waals surface area contributed by atoms with E-state index in [9.17, 15) is 13.6 Å². The van der Waals surface area contributed by atoms with Crippen LogP contribution in [0.2, 0.25) is 5.15 Å². The molecule has 0 atom stereocenters. The summed E-state index contributed by atoms with van der Waals surface area (Å²) in [6.07, 6.45) is 4.50. The van der Waals surface area contributed by atoms with Crippen molar-refractivity contribution >= 4 is 35.1 Å². The maximum atomic E-state index is 14.5. The Bertz CT molecular complexity index is 987. The van der Waals surface area contributed by atoms with Crippen molar-refractivity contribution in [1.29, 1.82) is 0 Å². The summed E-state index contributed by atoms with van der Waals surface area (Å²) in [5.41, 5.74) is -0.0472. The van der Waals surface area contributed by atoms with Crippen molar-refractivity contribution in [2.24, 2.45) is 0 Å². The summed E-state index contributed by atoms with van der Waals surface area (Å²) >= 11 is 6.43. The second-order valence-electron chi connectivity index (χ2n) is 8.14. The number of hydrogen-bond acceptors (Lipinski definition) is 5. The van der Waals surface area contributed by atoms with Crippen LogP contribution in [0.15, 0.2) is 18.2 Å². The van der Waals surface area contributed by atoms with Gasteiger partial charge in [-0.15, -0.1) is 0 Å². The van der Waals surface area contributed by atoms with Crippen LogP contribution in [0.1, 0.15) is 31.2 Å². The van der Waals surface area contributed by atoms with E-state index in [-0.39, 0.29) is 17.5 Å². The average molecular weight is 449 g/mol. The summed E-state index contributed by atoms with van der Waals surface area (Å²) in [4.78, 5) is 27.1. The number of fused-ring (bicyclic) bond motifs is 1. The molecule has 1 N–H and O–H groups in total. The van der Waals surface area contributed by atoms with Crippen molar-refractivity contribution in [3.8, 4) is 0 Å². The zero-order valence-electron chi connectivity index (χ0n) is 17.0. The van der Waals surface area contributed by atoms with Crippen molar-refractivity contribution in [3.05, 3.63) is 40.6 Å². The highest BCUT2D eigenvalue weighted by Crippen LogP contribution is 2.37. The Kier molecular flexibility index (Phi) is 5.39. The minimum atomic E-state index is -0.856. The monoisotopic (exact) mass is 448 g/mol. The van der Waals surface area contributed by atoms with E-state index < -0.39 is 23.4 Å². The molecule has 0 radical (unpaired) electrons. The number of hydrogen-bond donors (Lipinski definition) is 1. The first-order chi connectivity index (χ1) is 15.0. The van der Waals surface area contributed by atoms with Crippen LogP contribution in [-0.2, 0) is 6.54 Å². The highest BCUT2D eigenvalue weighted by atomic mass is 35.5. The first-order valence-electron chi connectivity index (χ1n) is 10.6. The summed E-state index contributed by atoms with van der Waals surface area (Å²) in [5, 5.41) is 2.76. The number of halogens is 3. The minimum Gasteiger partial charge on any atom is -0.341 e. The second-order valence-corrected chi connectivity index (χ2v) is 8.50. The Morgan fingerprint density at radius 2 is 1.71 bits per heavy atom. The molecule has 1 aromatic carbocycles. The van der Waals surface area contributed by atoms with Gasteiger partial charge in [-0.05, 0) is 50.9 Å². The first-order valence-corrected chi connectivity index (χ1v) is 11.0. The number of rotatable bonds is 3. The fourth-order valence-corrected chi connectivity index (χ4v) is 4.93. The van der Waals surface area contributed by atoms with E-state index in [0.717, 1.165) is 56.1 Å². The van der Waals surface area contributed by atoms with Crippen molar-refractivity contribution in [3.63, 3.8) is 0 Å². The number of carbonyl (C=O) groups is 1. The SMILES string of the molecule is O=C1NCc2c(Cl)nc(N3CCC(N4CCCC4)CC3)nc2N1c1c(F)cccc1F. The van der Waals surface area contributed by atoms with E-state index in [0.29, 0.717) is 17.6 Å². The Labute approximate surface area is 184 Å². The van der Waals surface area contributed by atoms with Crippen LogP contribution in [0.4, 0.5) is 31.0 Å². The Hall–Kier alpha value is -2.52. The van der Waals surface area contributed by atoms with Gasteiger partial charge in [0, 0.05) is 19.1 Å². The third-order valence-corrected chi connectivity index (χ3v) is 6.63. The molecule has 164 valence electrons. The van der Waals surface area contributed by atoms with Gasteiger partial charge >= 0.3 is 6.03 Å². The van der Waals surface area contributed by atoms with E-state index in [2.05, 4.69) is 20.2 Å². The molecule has 0 bridgehead atoms. The lowest BCUT2D eigenvalue weighted by Gasteiger charge is -2.37. The van der Waals surface area contributed by atoms with Gasteiger partial charge in [0.2, 0.25) is 5.95 Å². The van der Waals surface area contributed by atoms with E-state index in [1.54, 1.807) is 0 Å². The van der Waals surface area contributed by atoms with Gasteiger partial charge < -0.3 is 15.1 Å². The van der Waals surface area contributed by atoms with Crippen LogP contribution < -0.4 is 15.1 Å². The maximum absolute atomic E-state index is 14.5. The minimum absolute atomic E-state index is 0.0941. The van der Waals surface area contributed by atoms with Crippen molar-refractivity contribution in [2.45, 2.75) is 38.3 Å². The van der Waals surface area contributed by atoms with Gasteiger partial charge in [-0.25, -0.2) is 23.5 Å². The average Bonchev–Trinajstić information content (AvgIpc) is 3.30. The Morgan fingerprint density at radius 1 is 1.03 bits per heavy atom. The van der Waals surface area contributed by atoms with Gasteiger partial charge in [0.15, 0.2) is 5.82 Å². The molecule has 1 aromatic heterocycles. The molecule has 4 heterocycles. The van der Waals surface area contributed by atoms with Crippen molar-refractivity contribution in [2.75, 3.05) is 36.0 Å². The van der Waals surface area contributed by atoms with E-state index in [1.807, 2.05) is 4.90 Å². The molecule has 7 nitrogen and oxygen atoms in total. The summed E-state index contributed by atoms with van der Waals surface area (Å²) in [6, 6.07) is 3.35. The number of urea groups is 1. The van der Waals surface area contributed by atoms with Crippen molar-refractivity contribution < 1.29 is 13.6 Å². The smallest absolute Gasteiger partial charge is 0.328 e. The molecule has 2 fully saturated rings. The third-order valence-electron chi connectivity index (χ3n) is 6.32. The number of aromatic nitrogens is 2. The summed E-state index contributed by atoms with van der Waals surface area (Å²) in [7, 11) is 0. The van der Waals surface area contributed by atoms with Gasteiger partial charge in [-0.2, -0.15) is 4.98 Å². The number of piperidine rings is 1. The molecule has 3 aliphatic heterocycles. The predicted octanol–water partition coefficient (Wildman–Crippen LogP) is 3.83. The molecule has 0 unspecified atom stereocenters. The van der Waals surface area contributed by atoms with Gasteiger partial charge in [0.05, 0.1) is 12.1 Å². The second kappa shape index (κ2) is 8.20. The van der Waals surface area contributed by atoms with Crippen LogP contribution in [0.5, 0.6) is 0 Å². The van der Waals surface area contributed by atoms with Gasteiger partial charge in [-0.3, -0.25) is 0 Å². The summed E-state index contributed by atoms with van der Waals surface area (Å²) < 4.78 is 29.0. The number of para-hydroxylation sites is 1. The molecule has 2 saturated heterocycles. The number of likely N-dealkylation sites (tertiary alicyclic amines) is 1. The molecule has 3 aliphatic rings. The van der Waals surface area contributed by atoms with Crippen LogP contribution in [0.3, 0.4) is 0 Å². The van der Waals surface area contributed by atoms with Crippen LogP contribution in [-0.4, -0.2) is 53.1 Å². The molecule has 31 heavy (non-hydrogen) atoms. The molecule has 2 aromatic rings. The fourth-order valence-electron chi connectivity index (χ4n) is 4.70. The van der Waals surface area contributed by atoms with E-state index >= 15 is 0 Å². The Balaban J connectivity index is 1.47. The number of nitrogens with one attached hydrogen (secondary N) is 1. The molecular formula is C21H23ClF2N6O. The highest BCUT2D eigenvalue weighted by Gasteiger charge is 2.35. The van der Waals surface area contributed by atoms with Crippen LogP contribution in [0.25, 0.3) is 0 Å². The lowest BCUT2D eigenvalue weighted by Crippen LogP contribution is -2.45. The van der Waals surface area contributed by atoms with Crippen LogP contribution in [0, 0.1) is 11.6 Å². The lowest BCUT2D eigenvalue weighted by atomic mass is 10.0. The number of benzene rings is 1. The van der Waals surface area contributed by atoms with E-state index in [4.69, 9.17) is 11.6 Å². The standard InChI is InChI=1S/C21H23ClF2N6O/c22-18-14-12-25-21(31)30(17-15(23)4-3-5-16(17)24)19(14)27-20(26-18)29-10-6-13(7-11-29)28-8-1-2-9-28/h3-5,13H,1-2,6-12H2,(H,25,31). The molecular weight excluding hydrogens is 426 g/mol. The van der Waals surface area contributed by atoms with Gasteiger partial charge in [0.1, 0.15) is 22.5 Å². The lowest BCUT2D eigenvalue weighted by molar-refractivity contribution is 0.207. The number of anilines is 3. The Morgan fingerprint density at radius 3 is 2.39 bits per heavy atom. The van der Waals surface area contributed by atoms with Crippen molar-refractivity contribution in [1.82, 2.24) is 20.2 Å². The quantitative estimate of drug-likeness (QED) is 0.723. The van der Waals surface area contributed by atoms with E-state index in [1.165, 1.54) is 18.9 Å². The zero-order valence-corrected chi connectivity index (χ0v) is 17.7. The molecule has 0 saturated carbocycles. The fraction of sp³-hybridized carbons (Fsp3) is 0.476. The molecule has 5 rings (SSSR count). The predicted molar refractivity (Wildman–Crippen MR) is 114 cm³/mol. The normalized spacial score (nSPS) is 20.2. The summed E-state index contributed by atoms with van der Waals surface area (Å²) in [6.45, 7) is 3.93. The third kappa shape index (κ3) is 3.70. The molecule has 0 spiro atoms. The zero-order chi connectivity index (χ0) is 21.5. The summed E-state index contributed by atoms with van der Waals surface area (Å²) in [5.74, 6) is -1.22. The van der Waals surface area contributed by atoms with Crippen LogP contribution >= 0.6 is 11.6 Å².